The molecule has 0 aliphatic rings. The molecule has 2 aromatic rings. The average molecular weight is 489 g/mol. The first-order valence-corrected chi connectivity index (χ1v) is 10.4. The number of alkyl halides is 6. The van der Waals surface area contributed by atoms with Crippen LogP contribution in [0.2, 0.25) is 0 Å². The lowest BCUT2D eigenvalue weighted by Gasteiger charge is -2.17. The van der Waals surface area contributed by atoms with Gasteiger partial charge in [0.05, 0.1) is 24.0 Å². The van der Waals surface area contributed by atoms with E-state index in [4.69, 9.17) is 0 Å². The predicted octanol–water partition coefficient (Wildman–Crippen LogP) is 3.67. The zero-order valence-corrected chi connectivity index (χ0v) is 18.4. The van der Waals surface area contributed by atoms with Crippen molar-refractivity contribution in [3.05, 3.63) is 70.8 Å². The van der Waals surface area contributed by atoms with E-state index in [0.717, 1.165) is 24.3 Å². The number of rotatable bonds is 10. The number of carbonyl (C=O) groups is 2. The van der Waals surface area contributed by atoms with Crippen LogP contribution in [0.4, 0.5) is 26.3 Å². The van der Waals surface area contributed by atoms with Gasteiger partial charge >= 0.3 is 12.4 Å². The Morgan fingerprint density at radius 1 is 0.735 bits per heavy atom. The first kappa shape index (κ1) is 27.2. The average Bonchev–Trinajstić information content (AvgIpc) is 2.73. The Hall–Kier alpha value is -3.08. The Bertz CT molecular complexity index is 898. The summed E-state index contributed by atoms with van der Waals surface area (Å²) in [6, 6.07) is 9.15. The second-order valence-corrected chi connectivity index (χ2v) is 7.75. The van der Waals surface area contributed by atoms with Gasteiger partial charge in [0.2, 0.25) is 11.8 Å². The van der Waals surface area contributed by atoms with E-state index in [2.05, 4.69) is 10.6 Å². The Morgan fingerprint density at radius 2 is 1.12 bits per heavy atom. The Kier molecular flexibility index (Phi) is 9.48. The number of nitrogens with zero attached hydrogens (tertiary/aromatic N) is 1. The van der Waals surface area contributed by atoms with Gasteiger partial charge in [0.1, 0.15) is 0 Å². The van der Waals surface area contributed by atoms with Crippen molar-refractivity contribution in [2.24, 2.45) is 0 Å². The molecule has 0 heterocycles. The summed E-state index contributed by atoms with van der Waals surface area (Å²) < 4.78 is 76.5. The molecule has 0 radical (unpaired) electrons. The van der Waals surface area contributed by atoms with E-state index in [9.17, 15) is 35.9 Å². The number of nitrogens with one attached hydrogen (secondary N) is 2. The van der Waals surface area contributed by atoms with Gasteiger partial charge in [-0.25, -0.2) is 0 Å². The van der Waals surface area contributed by atoms with E-state index in [-0.39, 0.29) is 37.1 Å². The molecule has 0 aromatic heterocycles. The zero-order chi connectivity index (χ0) is 25.4. The number of benzene rings is 2. The van der Waals surface area contributed by atoms with Crippen molar-refractivity contribution in [1.82, 2.24) is 15.5 Å². The SMILES string of the molecule is CN(CCNC(=O)Cc1cccc(C(F)(F)F)c1)CCNC(=O)Cc1cccc(C(F)(F)F)c1. The first-order valence-electron chi connectivity index (χ1n) is 10.4. The van der Waals surface area contributed by atoms with Crippen molar-refractivity contribution < 1.29 is 35.9 Å². The Labute approximate surface area is 193 Å². The van der Waals surface area contributed by atoms with Crippen molar-refractivity contribution in [3.63, 3.8) is 0 Å². The molecule has 0 unspecified atom stereocenters. The van der Waals surface area contributed by atoms with Crippen LogP contribution >= 0.6 is 0 Å². The van der Waals surface area contributed by atoms with E-state index in [1.165, 1.54) is 24.3 Å². The molecule has 0 bridgehead atoms. The van der Waals surface area contributed by atoms with E-state index < -0.39 is 35.3 Å². The third-order valence-corrected chi connectivity index (χ3v) is 4.87. The minimum atomic E-state index is -4.47. The van der Waals surface area contributed by atoms with Gasteiger partial charge in [0.15, 0.2) is 0 Å². The van der Waals surface area contributed by atoms with Gasteiger partial charge in [0, 0.05) is 26.2 Å². The van der Waals surface area contributed by atoms with Gasteiger partial charge in [-0.2, -0.15) is 26.3 Å². The molecule has 0 saturated heterocycles. The fraction of sp³-hybridized carbons (Fsp3) is 0.391. The molecular weight excluding hydrogens is 464 g/mol. The molecule has 0 aliphatic carbocycles. The molecule has 2 amide bonds. The van der Waals surface area contributed by atoms with Gasteiger partial charge in [0.25, 0.3) is 0 Å². The summed E-state index contributed by atoms with van der Waals surface area (Å²) in [5.41, 5.74) is -1.12. The van der Waals surface area contributed by atoms with Crippen LogP contribution in [0.5, 0.6) is 0 Å². The van der Waals surface area contributed by atoms with Crippen molar-refractivity contribution in [2.45, 2.75) is 25.2 Å². The molecule has 0 spiro atoms. The highest BCUT2D eigenvalue weighted by Gasteiger charge is 2.31. The molecule has 2 rings (SSSR count). The summed E-state index contributed by atoms with van der Waals surface area (Å²) in [6.45, 7) is 1.37. The predicted molar refractivity (Wildman–Crippen MR) is 114 cm³/mol. The number of carbonyl (C=O) groups excluding carboxylic acids is 2. The molecule has 5 nitrogen and oxygen atoms in total. The molecule has 0 atom stereocenters. The molecule has 34 heavy (non-hydrogen) atoms. The minimum absolute atomic E-state index is 0.181. The third-order valence-electron chi connectivity index (χ3n) is 4.87. The largest absolute Gasteiger partial charge is 0.416 e. The third kappa shape index (κ3) is 9.42. The summed E-state index contributed by atoms with van der Waals surface area (Å²) in [5, 5.41) is 5.26. The molecule has 11 heteroatoms. The van der Waals surface area contributed by atoms with Crippen LogP contribution in [0.15, 0.2) is 48.5 Å². The summed E-state index contributed by atoms with van der Waals surface area (Å²) in [6.07, 6.45) is -9.31. The number of hydrogen-bond acceptors (Lipinski definition) is 3. The maximum absolute atomic E-state index is 12.7. The fourth-order valence-corrected chi connectivity index (χ4v) is 3.10. The first-order chi connectivity index (χ1) is 15.8. The van der Waals surface area contributed by atoms with E-state index in [1.54, 1.807) is 7.05 Å². The van der Waals surface area contributed by atoms with Crippen molar-refractivity contribution in [1.29, 1.82) is 0 Å². The molecule has 2 N–H and O–H groups in total. The highest BCUT2D eigenvalue weighted by atomic mass is 19.4. The van der Waals surface area contributed by atoms with Gasteiger partial charge in [-0.15, -0.1) is 0 Å². The standard InChI is InChI=1S/C23H25F6N3O2/c1-32(10-8-30-20(33)14-16-4-2-6-18(12-16)22(24,25)26)11-9-31-21(34)15-17-5-3-7-19(13-17)23(27,28)29/h2-7,12-13H,8-11,14-15H2,1H3,(H,30,33)(H,31,34). The van der Waals surface area contributed by atoms with Crippen LogP contribution in [0, 0.1) is 0 Å². The van der Waals surface area contributed by atoms with Crippen molar-refractivity contribution >= 4 is 11.8 Å². The normalized spacial score (nSPS) is 12.0. The topological polar surface area (TPSA) is 61.4 Å². The van der Waals surface area contributed by atoms with E-state index in [0.29, 0.717) is 13.1 Å². The second kappa shape index (κ2) is 11.9. The summed E-state index contributed by atoms with van der Waals surface area (Å²) >= 11 is 0. The monoisotopic (exact) mass is 489 g/mol. The van der Waals surface area contributed by atoms with Crippen LogP contribution in [-0.4, -0.2) is 49.9 Å². The van der Waals surface area contributed by atoms with Crippen LogP contribution in [-0.2, 0) is 34.8 Å². The number of likely N-dealkylation sites (N-methyl/N-ethyl adjacent to an activating group) is 1. The molecule has 186 valence electrons. The number of hydrogen-bond donors (Lipinski definition) is 2. The molecule has 2 aromatic carbocycles. The molecule has 0 fully saturated rings. The quantitative estimate of drug-likeness (QED) is 0.501. The lowest BCUT2D eigenvalue weighted by molar-refractivity contribution is -0.138. The zero-order valence-electron chi connectivity index (χ0n) is 18.4. The minimum Gasteiger partial charge on any atom is -0.355 e. The van der Waals surface area contributed by atoms with Gasteiger partial charge in [-0.1, -0.05) is 36.4 Å². The van der Waals surface area contributed by atoms with Gasteiger partial charge < -0.3 is 15.5 Å². The van der Waals surface area contributed by atoms with Crippen LogP contribution in [0.1, 0.15) is 22.3 Å². The second-order valence-electron chi connectivity index (χ2n) is 7.75. The maximum atomic E-state index is 12.7. The molecule has 0 saturated carbocycles. The Morgan fingerprint density at radius 3 is 1.47 bits per heavy atom. The van der Waals surface area contributed by atoms with E-state index >= 15 is 0 Å². The van der Waals surface area contributed by atoms with Crippen LogP contribution in [0.3, 0.4) is 0 Å². The molecular formula is C23H25F6N3O2. The highest BCUT2D eigenvalue weighted by Crippen LogP contribution is 2.30. The smallest absolute Gasteiger partial charge is 0.355 e. The molecule has 0 aliphatic heterocycles. The number of halogens is 6. The van der Waals surface area contributed by atoms with Crippen molar-refractivity contribution in [3.8, 4) is 0 Å². The lowest BCUT2D eigenvalue weighted by Crippen LogP contribution is -2.38. The summed E-state index contributed by atoms with van der Waals surface area (Å²) in [4.78, 5) is 25.8. The summed E-state index contributed by atoms with van der Waals surface area (Å²) in [5.74, 6) is -0.829. The highest BCUT2D eigenvalue weighted by molar-refractivity contribution is 5.79. The lowest BCUT2D eigenvalue weighted by atomic mass is 10.1. The Balaban J connectivity index is 1.66. The van der Waals surface area contributed by atoms with Crippen LogP contribution < -0.4 is 10.6 Å². The number of amides is 2. The summed E-state index contributed by atoms with van der Waals surface area (Å²) in [7, 11) is 1.75. The van der Waals surface area contributed by atoms with Gasteiger partial charge in [-0.3, -0.25) is 9.59 Å². The fourth-order valence-electron chi connectivity index (χ4n) is 3.10. The maximum Gasteiger partial charge on any atom is 0.416 e. The van der Waals surface area contributed by atoms with Gasteiger partial charge in [-0.05, 0) is 30.3 Å². The van der Waals surface area contributed by atoms with Crippen LogP contribution in [0.25, 0.3) is 0 Å². The van der Waals surface area contributed by atoms with Crippen molar-refractivity contribution in [2.75, 3.05) is 33.2 Å². The van der Waals surface area contributed by atoms with E-state index in [1.807, 2.05) is 4.90 Å².